The topological polar surface area (TPSA) is 385 Å². The molecule has 1 aliphatic rings. The summed E-state index contributed by atoms with van der Waals surface area (Å²) < 4.78 is 0. The van der Waals surface area contributed by atoms with Gasteiger partial charge in [-0.25, -0.2) is 4.79 Å². The molecule has 0 unspecified atom stereocenters. The first-order valence-corrected chi connectivity index (χ1v) is 22.5. The molecule has 3 aromatic rings. The molecule has 0 bridgehead atoms. The zero-order valence-corrected chi connectivity index (χ0v) is 38.2. The van der Waals surface area contributed by atoms with Crippen LogP contribution in [0.3, 0.4) is 0 Å². The van der Waals surface area contributed by atoms with Crippen LogP contribution < -0.4 is 49.1 Å². The standard InChI is InChI=1S/C47H60N10O13/c48-31(22-27-8-3-1-4-9-27)41(63)53-32(17-19-38(49)60)42(64)51-25-40(62)52-36(26-58)44(66)54-33(18-20-39(50)61)43(65)55-34(23-28-10-5-2-6-11-28)46(68)57-21-7-12-37(57)45(67)56-35(47(69)70)24-29-13-15-30(59)16-14-29/h1-6,8-11,13-16,31-37,58-59H,7,12,17-26,48H2,(H2,49,60)(H2,50,61)(H,51,64)(H,52,62)(H,53,63)(H,54,66)(H,55,65)(H,56,67)(H,69,70)/t31-,32-,33-,34-,35-,36-,37-/m0/s1. The van der Waals surface area contributed by atoms with E-state index in [1.807, 2.05) is 0 Å². The largest absolute Gasteiger partial charge is 0.508 e. The molecule has 376 valence electrons. The number of aliphatic carboxylic acids is 1. The summed E-state index contributed by atoms with van der Waals surface area (Å²) in [7, 11) is 0. The SMILES string of the molecule is NC(=O)CC[C@H](NC(=O)[C@H](CO)NC(=O)CNC(=O)[C@H](CCC(N)=O)NC(=O)[C@@H](N)Cc1ccccc1)C(=O)N[C@@H](Cc1ccccc1)C(=O)N1CCC[C@H]1C(=O)N[C@@H](Cc1ccc(O)cc1)C(=O)O. The highest BCUT2D eigenvalue weighted by atomic mass is 16.4. The van der Waals surface area contributed by atoms with Crippen LogP contribution in [0.2, 0.25) is 0 Å². The summed E-state index contributed by atoms with van der Waals surface area (Å²) in [5.41, 5.74) is 18.5. The number of phenols is 1. The monoisotopic (exact) mass is 972 g/mol. The highest BCUT2D eigenvalue weighted by Gasteiger charge is 2.40. The second kappa shape index (κ2) is 27.2. The van der Waals surface area contributed by atoms with E-state index >= 15 is 0 Å². The van der Waals surface area contributed by atoms with Gasteiger partial charge in [0.2, 0.25) is 53.2 Å². The summed E-state index contributed by atoms with van der Waals surface area (Å²) >= 11 is 0. The van der Waals surface area contributed by atoms with Crippen molar-refractivity contribution in [2.24, 2.45) is 17.2 Å². The maximum absolute atomic E-state index is 14.4. The summed E-state index contributed by atoms with van der Waals surface area (Å²) in [4.78, 5) is 132. The van der Waals surface area contributed by atoms with Crippen LogP contribution in [0.4, 0.5) is 0 Å². The molecule has 1 saturated heterocycles. The molecular weight excluding hydrogens is 913 g/mol. The lowest BCUT2D eigenvalue weighted by molar-refractivity contribution is -0.145. The van der Waals surface area contributed by atoms with E-state index in [1.54, 1.807) is 60.7 Å². The maximum atomic E-state index is 14.4. The van der Waals surface area contributed by atoms with Crippen molar-refractivity contribution in [1.82, 2.24) is 36.8 Å². The zero-order chi connectivity index (χ0) is 51.3. The van der Waals surface area contributed by atoms with Gasteiger partial charge in [-0.05, 0) is 60.9 Å². The quantitative estimate of drug-likeness (QED) is 0.0360. The van der Waals surface area contributed by atoms with Gasteiger partial charge in [-0.15, -0.1) is 0 Å². The van der Waals surface area contributed by atoms with Crippen molar-refractivity contribution in [3.8, 4) is 5.75 Å². The number of nitrogens with two attached hydrogens (primary N) is 3. The Morgan fingerprint density at radius 3 is 1.66 bits per heavy atom. The molecule has 7 atom stereocenters. The van der Waals surface area contributed by atoms with E-state index < -0.39 is 127 Å². The summed E-state index contributed by atoms with van der Waals surface area (Å²) in [6.07, 6.45) is -0.984. The van der Waals surface area contributed by atoms with Gasteiger partial charge in [0, 0.05) is 32.2 Å². The molecule has 3 aromatic carbocycles. The molecule has 1 heterocycles. The van der Waals surface area contributed by atoms with Gasteiger partial charge in [-0.1, -0.05) is 72.8 Å². The maximum Gasteiger partial charge on any atom is 0.326 e. The number of amides is 9. The molecule has 0 saturated carbocycles. The molecule has 23 nitrogen and oxygen atoms in total. The number of carbonyl (C=O) groups excluding carboxylic acids is 9. The van der Waals surface area contributed by atoms with E-state index in [2.05, 4.69) is 31.9 Å². The number of hydrogen-bond donors (Lipinski definition) is 12. The predicted octanol–water partition coefficient (Wildman–Crippen LogP) is -3.11. The van der Waals surface area contributed by atoms with E-state index in [0.717, 1.165) is 5.56 Å². The minimum Gasteiger partial charge on any atom is -0.508 e. The number of carboxylic acid groups (broad SMARTS) is 1. The lowest BCUT2D eigenvalue weighted by atomic mass is 10.0. The average molecular weight is 973 g/mol. The Balaban J connectivity index is 1.44. The zero-order valence-electron chi connectivity index (χ0n) is 38.2. The lowest BCUT2D eigenvalue weighted by Gasteiger charge is -2.30. The number of aliphatic hydroxyl groups excluding tert-OH is 1. The van der Waals surface area contributed by atoms with Crippen LogP contribution >= 0.6 is 0 Å². The molecule has 9 amide bonds. The van der Waals surface area contributed by atoms with Crippen molar-refractivity contribution in [2.75, 3.05) is 19.7 Å². The van der Waals surface area contributed by atoms with E-state index in [-0.39, 0.29) is 50.8 Å². The van der Waals surface area contributed by atoms with E-state index in [1.165, 1.54) is 29.2 Å². The number of aromatic hydroxyl groups is 1. The molecule has 0 aromatic heterocycles. The van der Waals surface area contributed by atoms with Gasteiger partial charge < -0.3 is 69.3 Å². The van der Waals surface area contributed by atoms with Crippen LogP contribution in [-0.2, 0) is 67.2 Å². The highest BCUT2D eigenvalue weighted by Crippen LogP contribution is 2.21. The Labute approximate surface area is 402 Å². The van der Waals surface area contributed by atoms with Crippen molar-refractivity contribution in [2.45, 2.75) is 100 Å². The third kappa shape index (κ3) is 17.6. The Bertz CT molecular complexity index is 2320. The van der Waals surface area contributed by atoms with Crippen molar-refractivity contribution in [3.63, 3.8) is 0 Å². The molecule has 0 radical (unpaired) electrons. The second-order valence-electron chi connectivity index (χ2n) is 16.7. The second-order valence-corrected chi connectivity index (χ2v) is 16.7. The normalized spacial score (nSPS) is 15.6. The number of likely N-dealkylation sites (tertiary alicyclic amines) is 1. The summed E-state index contributed by atoms with van der Waals surface area (Å²) in [6.45, 7) is -1.74. The molecule has 15 N–H and O–H groups in total. The van der Waals surface area contributed by atoms with Crippen LogP contribution in [0.1, 0.15) is 55.2 Å². The first kappa shape index (κ1) is 54.7. The molecule has 1 aliphatic heterocycles. The van der Waals surface area contributed by atoms with Gasteiger partial charge in [-0.3, -0.25) is 43.2 Å². The minimum absolute atomic E-state index is 0.0333. The number of carboxylic acids is 1. The fraction of sp³-hybridized carbons (Fsp3) is 0.404. The number of nitrogens with one attached hydrogen (secondary N) is 6. The van der Waals surface area contributed by atoms with Crippen molar-refractivity contribution >= 4 is 59.1 Å². The van der Waals surface area contributed by atoms with E-state index in [4.69, 9.17) is 17.2 Å². The Morgan fingerprint density at radius 1 is 0.600 bits per heavy atom. The number of benzene rings is 3. The Hall–Kier alpha value is -7.92. The van der Waals surface area contributed by atoms with Crippen LogP contribution in [0.15, 0.2) is 84.9 Å². The first-order chi connectivity index (χ1) is 33.3. The molecule has 1 fully saturated rings. The molecule has 4 rings (SSSR count). The number of phenolic OH excluding ortho intramolecular Hbond substituents is 1. The lowest BCUT2D eigenvalue weighted by Crippen LogP contribution is -2.60. The van der Waals surface area contributed by atoms with Crippen molar-refractivity contribution < 1.29 is 63.3 Å². The van der Waals surface area contributed by atoms with Gasteiger partial charge in [0.1, 0.15) is 42.0 Å². The fourth-order valence-corrected chi connectivity index (χ4v) is 7.51. The smallest absolute Gasteiger partial charge is 0.326 e. The number of primary amides is 2. The number of aliphatic hydroxyl groups is 1. The van der Waals surface area contributed by atoms with Crippen LogP contribution in [0.25, 0.3) is 0 Å². The molecule has 0 spiro atoms. The summed E-state index contributed by atoms with van der Waals surface area (Å²) in [5.74, 6) is -9.19. The third-order valence-electron chi connectivity index (χ3n) is 11.2. The van der Waals surface area contributed by atoms with Gasteiger partial charge in [0.05, 0.1) is 19.2 Å². The number of carbonyl (C=O) groups is 10. The highest BCUT2D eigenvalue weighted by molar-refractivity contribution is 5.97. The Kier molecular flexibility index (Phi) is 21.2. The van der Waals surface area contributed by atoms with E-state index in [9.17, 15) is 63.3 Å². The summed E-state index contributed by atoms with van der Waals surface area (Å²) in [6, 6.07) is 13.4. The third-order valence-corrected chi connectivity index (χ3v) is 11.2. The molecular formula is C47H60N10O13. The predicted molar refractivity (Wildman–Crippen MR) is 249 cm³/mol. The van der Waals surface area contributed by atoms with Gasteiger partial charge >= 0.3 is 5.97 Å². The number of nitrogens with zero attached hydrogens (tertiary/aromatic N) is 1. The van der Waals surface area contributed by atoms with Gasteiger partial charge in [0.25, 0.3) is 0 Å². The van der Waals surface area contributed by atoms with Crippen molar-refractivity contribution in [3.05, 3.63) is 102 Å². The molecule has 70 heavy (non-hydrogen) atoms. The van der Waals surface area contributed by atoms with Gasteiger partial charge in [-0.2, -0.15) is 0 Å². The summed E-state index contributed by atoms with van der Waals surface area (Å²) in [5, 5.41) is 44.1. The van der Waals surface area contributed by atoms with E-state index in [0.29, 0.717) is 17.5 Å². The van der Waals surface area contributed by atoms with Crippen LogP contribution in [-0.4, -0.2) is 141 Å². The molecule has 0 aliphatic carbocycles. The van der Waals surface area contributed by atoms with Crippen molar-refractivity contribution in [1.29, 1.82) is 0 Å². The first-order valence-electron chi connectivity index (χ1n) is 22.5. The molecule has 23 heteroatoms. The fourth-order valence-electron chi connectivity index (χ4n) is 7.51. The van der Waals surface area contributed by atoms with Gasteiger partial charge in [0.15, 0.2) is 0 Å². The minimum atomic E-state index is -1.73. The number of rotatable bonds is 27. The van der Waals surface area contributed by atoms with Crippen LogP contribution in [0.5, 0.6) is 5.75 Å². The Morgan fingerprint density at radius 2 is 1.10 bits per heavy atom. The average Bonchev–Trinajstić information content (AvgIpc) is 3.83. The number of hydrogen-bond acceptors (Lipinski definition) is 13. The van der Waals surface area contributed by atoms with Crippen LogP contribution in [0, 0.1) is 0 Å².